The van der Waals surface area contributed by atoms with Gasteiger partial charge in [-0.25, -0.2) is 14.3 Å². The minimum Gasteiger partial charge on any atom is -0.337 e. The third-order valence-corrected chi connectivity index (χ3v) is 5.09. The van der Waals surface area contributed by atoms with Crippen molar-refractivity contribution in [1.29, 1.82) is 0 Å². The van der Waals surface area contributed by atoms with Crippen LogP contribution in [0.25, 0.3) is 0 Å². The zero-order valence-electron chi connectivity index (χ0n) is 14.1. The lowest BCUT2D eigenvalue weighted by molar-refractivity contribution is -0.140. The lowest BCUT2D eigenvalue weighted by Crippen LogP contribution is -2.34. The maximum atomic E-state index is 13.7. The molecule has 0 fully saturated rings. The van der Waals surface area contributed by atoms with Crippen molar-refractivity contribution >= 4 is 11.6 Å². The number of alkyl halides is 3. The molecule has 1 aliphatic carbocycles. The predicted octanol–water partition coefficient (Wildman–Crippen LogP) is 3.71. The van der Waals surface area contributed by atoms with E-state index in [1.54, 1.807) is 11.9 Å². The number of halogens is 4. The van der Waals surface area contributed by atoms with Crippen LogP contribution in [0.3, 0.4) is 0 Å². The Balaban J connectivity index is 2.00. The second-order valence-electron chi connectivity index (χ2n) is 6.62. The highest BCUT2D eigenvalue weighted by atomic mass is 19.4. The Morgan fingerprint density at radius 2 is 1.96 bits per heavy atom. The number of allylic oxidation sites excluding steroid dienone is 2. The van der Waals surface area contributed by atoms with Gasteiger partial charge < -0.3 is 9.42 Å². The predicted molar refractivity (Wildman–Crippen MR) is 86.9 cm³/mol. The highest BCUT2D eigenvalue weighted by Gasteiger charge is 2.42. The number of benzene rings is 1. The summed E-state index contributed by atoms with van der Waals surface area (Å²) in [5.74, 6) is -2.40. The smallest absolute Gasteiger partial charge is 0.337 e. The number of aromatic amines is 1. The molecule has 1 unspecified atom stereocenters. The number of nitrogens with zero attached hydrogens (tertiary/aromatic N) is 1. The summed E-state index contributed by atoms with van der Waals surface area (Å²) in [7, 11) is 1.65. The molecule has 0 saturated carbocycles. The topological polar surface area (TPSA) is 66.3 Å². The Bertz CT molecular complexity index is 1030. The number of ketones is 1. The van der Waals surface area contributed by atoms with E-state index in [-0.39, 0.29) is 34.7 Å². The number of hydrogen-bond donors (Lipinski definition) is 1. The Morgan fingerprint density at radius 1 is 1.22 bits per heavy atom. The monoisotopic (exact) mass is 382 g/mol. The highest BCUT2D eigenvalue weighted by molar-refractivity contribution is 6.01. The second kappa shape index (κ2) is 5.83. The minimum absolute atomic E-state index is 0.0210. The molecule has 0 radical (unpaired) electrons. The number of Topliss-reactive ketones (excluding diaryl/α,β-unsaturated/α-hetero) is 1. The number of H-pyrrole nitrogens is 1. The molecule has 9 heteroatoms. The van der Waals surface area contributed by atoms with Crippen LogP contribution in [0.1, 0.15) is 41.9 Å². The summed E-state index contributed by atoms with van der Waals surface area (Å²) in [5, 5.41) is 2.48. The molecule has 142 valence electrons. The summed E-state index contributed by atoms with van der Waals surface area (Å²) in [5.41, 5.74) is -1.25. The average molecular weight is 382 g/mol. The van der Waals surface area contributed by atoms with Gasteiger partial charge in [0, 0.05) is 24.7 Å². The number of aromatic nitrogens is 1. The Labute approximate surface area is 150 Å². The van der Waals surface area contributed by atoms with Gasteiger partial charge in [0.15, 0.2) is 11.6 Å². The largest absolute Gasteiger partial charge is 0.419 e. The maximum Gasteiger partial charge on any atom is 0.419 e. The van der Waals surface area contributed by atoms with E-state index in [9.17, 15) is 27.2 Å². The molecule has 2 heterocycles. The fourth-order valence-corrected chi connectivity index (χ4v) is 3.88. The van der Waals surface area contributed by atoms with Gasteiger partial charge in [-0.05, 0) is 30.5 Å². The molecule has 4 rings (SSSR count). The molecule has 0 spiro atoms. The first kappa shape index (κ1) is 17.6. The van der Waals surface area contributed by atoms with Gasteiger partial charge in [-0.15, -0.1) is 0 Å². The van der Waals surface area contributed by atoms with Crippen LogP contribution in [-0.2, 0) is 11.0 Å². The van der Waals surface area contributed by atoms with Crippen molar-refractivity contribution in [3.63, 3.8) is 0 Å². The molecule has 1 aromatic carbocycles. The lowest BCUT2D eigenvalue weighted by atomic mass is 9.76. The summed E-state index contributed by atoms with van der Waals surface area (Å²) in [6, 6.07) is 2.54. The van der Waals surface area contributed by atoms with Crippen LogP contribution in [0.5, 0.6) is 0 Å². The van der Waals surface area contributed by atoms with Gasteiger partial charge >= 0.3 is 11.8 Å². The molecular weight excluding hydrogens is 368 g/mol. The van der Waals surface area contributed by atoms with Gasteiger partial charge in [-0.3, -0.25) is 4.79 Å². The maximum absolute atomic E-state index is 13.7. The normalized spacial score (nSPS) is 20.0. The van der Waals surface area contributed by atoms with Crippen LogP contribution in [0, 0.1) is 5.82 Å². The van der Waals surface area contributed by atoms with E-state index in [2.05, 4.69) is 5.16 Å². The van der Waals surface area contributed by atoms with Crippen LogP contribution in [-0.4, -0.2) is 18.0 Å². The molecule has 1 atom stereocenters. The van der Waals surface area contributed by atoms with E-state index in [1.165, 1.54) is 6.07 Å². The summed E-state index contributed by atoms with van der Waals surface area (Å²) in [4.78, 5) is 26.5. The number of carbonyl (C=O) groups excluding carboxylic acids is 1. The first-order valence-corrected chi connectivity index (χ1v) is 8.28. The molecular formula is C18H14F4N2O3. The quantitative estimate of drug-likeness (QED) is 0.764. The third-order valence-electron chi connectivity index (χ3n) is 5.09. The molecule has 2 aliphatic rings. The number of rotatable bonds is 1. The van der Waals surface area contributed by atoms with Crippen molar-refractivity contribution in [3.05, 3.63) is 62.4 Å². The van der Waals surface area contributed by atoms with Gasteiger partial charge in [-0.1, -0.05) is 6.07 Å². The Kier molecular flexibility index (Phi) is 3.79. The summed E-state index contributed by atoms with van der Waals surface area (Å²) in [6.07, 6.45) is -3.52. The van der Waals surface area contributed by atoms with Crippen molar-refractivity contribution in [3.8, 4) is 0 Å². The SMILES string of the molecule is CN1C2=C(C(=O)CCC2)C(c2ccc(F)c(C(F)(F)F)c2)c2c1[nH]oc2=O. The van der Waals surface area contributed by atoms with Crippen LogP contribution >= 0.6 is 0 Å². The fraction of sp³-hybridized carbons (Fsp3) is 0.333. The highest BCUT2D eigenvalue weighted by Crippen LogP contribution is 2.46. The Hall–Kier alpha value is -2.84. The first-order valence-electron chi connectivity index (χ1n) is 8.28. The summed E-state index contributed by atoms with van der Waals surface area (Å²) >= 11 is 0. The zero-order chi connectivity index (χ0) is 19.5. The molecule has 1 aliphatic heterocycles. The van der Waals surface area contributed by atoms with Crippen molar-refractivity contribution in [1.82, 2.24) is 5.16 Å². The first-order chi connectivity index (χ1) is 12.7. The van der Waals surface area contributed by atoms with Gasteiger partial charge in [0.2, 0.25) is 0 Å². The average Bonchev–Trinajstić information content (AvgIpc) is 2.98. The van der Waals surface area contributed by atoms with E-state index in [0.29, 0.717) is 30.7 Å². The molecule has 0 amide bonds. The van der Waals surface area contributed by atoms with Crippen molar-refractivity contribution in [2.45, 2.75) is 31.4 Å². The van der Waals surface area contributed by atoms with Crippen LogP contribution in [0.2, 0.25) is 0 Å². The molecule has 0 bridgehead atoms. The standard InChI is InChI=1S/C18H14F4N2O3/c1-24-11-3-2-4-12(25)14(11)13(15-16(24)23-27-17(15)26)8-5-6-10(19)9(7-8)18(20,21)22/h5-7,13,23H,2-4H2,1H3. The van der Waals surface area contributed by atoms with Crippen molar-refractivity contribution in [2.24, 2.45) is 0 Å². The molecule has 0 saturated heterocycles. The number of carbonyl (C=O) groups is 1. The minimum atomic E-state index is -4.90. The van der Waals surface area contributed by atoms with E-state index in [0.717, 1.165) is 0 Å². The van der Waals surface area contributed by atoms with Gasteiger partial charge in [0.1, 0.15) is 5.82 Å². The van der Waals surface area contributed by atoms with Gasteiger partial charge in [-0.2, -0.15) is 13.2 Å². The summed E-state index contributed by atoms with van der Waals surface area (Å²) < 4.78 is 58.1. The van der Waals surface area contributed by atoms with Crippen molar-refractivity contribution in [2.75, 3.05) is 11.9 Å². The zero-order valence-corrected chi connectivity index (χ0v) is 14.1. The van der Waals surface area contributed by atoms with Gasteiger partial charge in [0.05, 0.1) is 17.0 Å². The van der Waals surface area contributed by atoms with E-state index in [1.807, 2.05) is 0 Å². The molecule has 2 aromatic rings. The summed E-state index contributed by atoms with van der Waals surface area (Å²) in [6.45, 7) is 0. The molecule has 1 aromatic heterocycles. The Morgan fingerprint density at radius 3 is 2.67 bits per heavy atom. The lowest BCUT2D eigenvalue weighted by Gasteiger charge is -2.36. The van der Waals surface area contributed by atoms with Crippen LogP contribution in [0.15, 0.2) is 38.8 Å². The third kappa shape index (κ3) is 2.60. The van der Waals surface area contributed by atoms with Crippen LogP contribution in [0.4, 0.5) is 23.4 Å². The number of nitrogens with one attached hydrogen (secondary N) is 1. The number of anilines is 1. The van der Waals surface area contributed by atoms with Crippen molar-refractivity contribution < 1.29 is 26.9 Å². The molecule has 1 N–H and O–H groups in total. The van der Waals surface area contributed by atoms with Gasteiger partial charge in [0.25, 0.3) is 0 Å². The second-order valence-corrected chi connectivity index (χ2v) is 6.62. The number of fused-ring (bicyclic) bond motifs is 1. The number of hydrogen-bond acceptors (Lipinski definition) is 4. The van der Waals surface area contributed by atoms with E-state index in [4.69, 9.17) is 4.52 Å². The molecule has 27 heavy (non-hydrogen) atoms. The van der Waals surface area contributed by atoms with E-state index >= 15 is 0 Å². The van der Waals surface area contributed by atoms with E-state index < -0.39 is 29.1 Å². The molecule has 5 nitrogen and oxygen atoms in total. The van der Waals surface area contributed by atoms with Crippen LogP contribution < -0.4 is 10.5 Å². The fourth-order valence-electron chi connectivity index (χ4n) is 3.88.